The van der Waals surface area contributed by atoms with E-state index >= 15 is 0 Å². The van der Waals surface area contributed by atoms with Crippen LogP contribution in [-0.2, 0) is 6.54 Å². The third-order valence-corrected chi connectivity index (χ3v) is 6.23. The summed E-state index contributed by atoms with van der Waals surface area (Å²) in [5.41, 5.74) is 5.19. The van der Waals surface area contributed by atoms with E-state index in [2.05, 4.69) is 41.9 Å². The number of benzene rings is 2. The zero-order valence-electron chi connectivity index (χ0n) is 19.1. The highest BCUT2D eigenvalue weighted by molar-refractivity contribution is 7.13. The van der Waals surface area contributed by atoms with Crippen LogP contribution in [0, 0.1) is 6.92 Å². The van der Waals surface area contributed by atoms with Gasteiger partial charge in [0.25, 0.3) is 5.91 Å². The van der Waals surface area contributed by atoms with Crippen molar-refractivity contribution in [1.82, 2.24) is 9.88 Å². The lowest BCUT2D eigenvalue weighted by Gasteiger charge is -2.13. The van der Waals surface area contributed by atoms with E-state index in [4.69, 9.17) is 9.47 Å². The van der Waals surface area contributed by atoms with E-state index in [0.29, 0.717) is 36.1 Å². The predicted octanol–water partition coefficient (Wildman–Crippen LogP) is 6.24. The molecule has 0 fully saturated rings. The molecule has 4 rings (SSSR count). The highest BCUT2D eigenvalue weighted by Crippen LogP contribution is 2.35. The van der Waals surface area contributed by atoms with Gasteiger partial charge in [-0.25, -0.2) is 0 Å². The van der Waals surface area contributed by atoms with Crippen molar-refractivity contribution in [2.45, 2.75) is 27.3 Å². The van der Waals surface area contributed by atoms with Crippen molar-refractivity contribution in [3.8, 4) is 28.3 Å². The smallest absolute Gasteiger partial charge is 0.263 e. The molecule has 6 heteroatoms. The molecule has 2 heterocycles. The minimum absolute atomic E-state index is 0.103. The Morgan fingerprint density at radius 1 is 0.970 bits per heavy atom. The van der Waals surface area contributed by atoms with Gasteiger partial charge in [0.2, 0.25) is 0 Å². The zero-order chi connectivity index (χ0) is 23.2. The molecule has 4 aromatic rings. The number of aromatic nitrogens is 1. The molecular formula is C27H28N2O3S. The van der Waals surface area contributed by atoms with E-state index in [1.807, 2.05) is 61.1 Å². The zero-order valence-corrected chi connectivity index (χ0v) is 19.9. The molecule has 0 aliphatic rings. The Morgan fingerprint density at radius 3 is 2.36 bits per heavy atom. The molecule has 0 atom stereocenters. The van der Waals surface area contributed by atoms with E-state index < -0.39 is 0 Å². The second-order valence-corrected chi connectivity index (χ2v) is 8.49. The molecule has 1 amide bonds. The summed E-state index contributed by atoms with van der Waals surface area (Å²) in [4.78, 5) is 13.9. The average molecular weight is 461 g/mol. The van der Waals surface area contributed by atoms with Gasteiger partial charge in [-0.3, -0.25) is 4.79 Å². The van der Waals surface area contributed by atoms with E-state index in [1.165, 1.54) is 16.9 Å². The second kappa shape index (κ2) is 10.4. The van der Waals surface area contributed by atoms with Gasteiger partial charge in [-0.05, 0) is 56.2 Å². The number of carbonyl (C=O) groups is 1. The van der Waals surface area contributed by atoms with Crippen LogP contribution in [0.25, 0.3) is 16.8 Å². The third-order valence-electron chi connectivity index (χ3n) is 5.26. The molecule has 0 radical (unpaired) electrons. The fraction of sp³-hybridized carbons (Fsp3) is 0.222. The summed E-state index contributed by atoms with van der Waals surface area (Å²) in [6, 6.07) is 18.1. The predicted molar refractivity (Wildman–Crippen MR) is 134 cm³/mol. The molecular weight excluding hydrogens is 432 g/mol. The highest BCUT2D eigenvalue weighted by atomic mass is 32.1. The van der Waals surface area contributed by atoms with Crippen molar-refractivity contribution in [3.63, 3.8) is 0 Å². The first-order valence-corrected chi connectivity index (χ1v) is 12.0. The number of thiophene rings is 1. The largest absolute Gasteiger partial charge is 0.490 e. The maximum Gasteiger partial charge on any atom is 0.263 e. The Morgan fingerprint density at radius 2 is 1.67 bits per heavy atom. The van der Waals surface area contributed by atoms with Gasteiger partial charge >= 0.3 is 0 Å². The molecule has 0 bridgehead atoms. The summed E-state index contributed by atoms with van der Waals surface area (Å²) in [7, 11) is 0. The van der Waals surface area contributed by atoms with Crippen molar-refractivity contribution < 1.29 is 14.3 Å². The average Bonchev–Trinajstić information content (AvgIpc) is 3.50. The molecule has 0 aliphatic heterocycles. The van der Waals surface area contributed by atoms with Crippen molar-refractivity contribution in [2.24, 2.45) is 0 Å². The first-order chi connectivity index (χ1) is 16.1. The quantitative estimate of drug-likeness (QED) is 0.322. The summed E-state index contributed by atoms with van der Waals surface area (Å²) in [6.07, 6.45) is 3.94. The fourth-order valence-corrected chi connectivity index (χ4v) is 4.65. The van der Waals surface area contributed by atoms with Crippen LogP contribution >= 0.6 is 11.3 Å². The van der Waals surface area contributed by atoms with Crippen LogP contribution in [0.5, 0.6) is 11.5 Å². The van der Waals surface area contributed by atoms with Gasteiger partial charge < -0.3 is 19.4 Å². The van der Waals surface area contributed by atoms with Crippen LogP contribution in [0.4, 0.5) is 0 Å². The Hall–Kier alpha value is -3.51. The van der Waals surface area contributed by atoms with E-state index in [9.17, 15) is 4.79 Å². The lowest BCUT2D eigenvalue weighted by Crippen LogP contribution is -2.23. The summed E-state index contributed by atoms with van der Waals surface area (Å²) in [5.74, 6) is 1.30. The Labute approximate surface area is 198 Å². The lowest BCUT2D eigenvalue weighted by molar-refractivity contribution is 0.0955. The number of aryl methyl sites for hydroxylation is 1. The van der Waals surface area contributed by atoms with Gasteiger partial charge in [-0.15, -0.1) is 11.3 Å². The minimum Gasteiger partial charge on any atom is -0.490 e. The summed E-state index contributed by atoms with van der Waals surface area (Å²) >= 11 is 1.46. The molecule has 0 unspecified atom stereocenters. The van der Waals surface area contributed by atoms with Gasteiger partial charge in [0, 0.05) is 29.9 Å². The van der Waals surface area contributed by atoms with E-state index in [0.717, 1.165) is 22.4 Å². The second-order valence-electron chi connectivity index (χ2n) is 7.61. The first kappa shape index (κ1) is 22.7. The van der Waals surface area contributed by atoms with Crippen molar-refractivity contribution in [3.05, 3.63) is 88.4 Å². The van der Waals surface area contributed by atoms with E-state index in [1.54, 1.807) is 0 Å². The Balaban J connectivity index is 1.59. The molecule has 0 saturated heterocycles. The Kier molecular flexibility index (Phi) is 7.15. The van der Waals surface area contributed by atoms with Crippen LogP contribution in [0.15, 0.2) is 72.4 Å². The van der Waals surface area contributed by atoms with Crippen molar-refractivity contribution >= 4 is 17.2 Å². The molecule has 0 saturated carbocycles. The van der Waals surface area contributed by atoms with Gasteiger partial charge in [0.1, 0.15) is 4.88 Å². The van der Waals surface area contributed by atoms with Crippen molar-refractivity contribution in [1.29, 1.82) is 0 Å². The summed E-state index contributed by atoms with van der Waals surface area (Å²) in [5, 5.41) is 5.13. The first-order valence-electron chi connectivity index (χ1n) is 11.1. The molecule has 2 aromatic heterocycles. The number of nitrogens with one attached hydrogen (secondary N) is 1. The molecule has 2 aromatic carbocycles. The molecule has 5 nitrogen and oxygen atoms in total. The maximum absolute atomic E-state index is 13.2. The van der Waals surface area contributed by atoms with Crippen LogP contribution in [0.3, 0.4) is 0 Å². The number of hydrogen-bond donors (Lipinski definition) is 1. The fourth-order valence-electron chi connectivity index (χ4n) is 3.66. The maximum atomic E-state index is 13.2. The third kappa shape index (κ3) is 5.12. The highest BCUT2D eigenvalue weighted by Gasteiger charge is 2.20. The Bertz CT molecular complexity index is 1210. The molecule has 170 valence electrons. The summed E-state index contributed by atoms with van der Waals surface area (Å²) < 4.78 is 13.4. The summed E-state index contributed by atoms with van der Waals surface area (Å²) in [6.45, 7) is 7.47. The number of ether oxygens (including phenoxy) is 2. The number of carbonyl (C=O) groups excluding carboxylic acids is 1. The van der Waals surface area contributed by atoms with Crippen LogP contribution in [0.2, 0.25) is 0 Å². The molecule has 1 N–H and O–H groups in total. The van der Waals surface area contributed by atoms with Gasteiger partial charge in [-0.1, -0.05) is 35.9 Å². The van der Waals surface area contributed by atoms with Crippen molar-refractivity contribution in [2.75, 3.05) is 13.2 Å². The van der Waals surface area contributed by atoms with E-state index in [-0.39, 0.29) is 5.91 Å². The molecule has 0 aliphatic carbocycles. The molecule has 0 spiro atoms. The number of amides is 1. The van der Waals surface area contributed by atoms with Gasteiger partial charge in [0.15, 0.2) is 11.5 Å². The topological polar surface area (TPSA) is 52.5 Å². The normalized spacial score (nSPS) is 10.8. The standard InChI is InChI=1S/C27H28N2O3S/c1-4-31-23-13-10-20(16-24(23)32-5-2)17-28-27(30)26-25(29-14-6-7-15-29)22(18-33-26)21-11-8-19(3)9-12-21/h6-16,18H,4-5,17H2,1-3H3,(H,28,30). The number of hydrogen-bond acceptors (Lipinski definition) is 4. The molecule has 33 heavy (non-hydrogen) atoms. The van der Waals surface area contributed by atoms with Crippen LogP contribution in [0.1, 0.15) is 34.6 Å². The van der Waals surface area contributed by atoms with Crippen LogP contribution < -0.4 is 14.8 Å². The van der Waals surface area contributed by atoms with Crippen LogP contribution in [-0.4, -0.2) is 23.7 Å². The van der Waals surface area contributed by atoms with Gasteiger partial charge in [0.05, 0.1) is 18.9 Å². The SMILES string of the molecule is CCOc1ccc(CNC(=O)c2scc(-c3ccc(C)cc3)c2-n2cccc2)cc1OCC. The lowest BCUT2D eigenvalue weighted by atomic mass is 10.0. The van der Waals surface area contributed by atoms with Gasteiger partial charge in [-0.2, -0.15) is 0 Å². The monoisotopic (exact) mass is 460 g/mol. The number of nitrogens with zero attached hydrogens (tertiary/aromatic N) is 1. The minimum atomic E-state index is -0.103. The number of rotatable bonds is 9.